The summed E-state index contributed by atoms with van der Waals surface area (Å²) in [4.78, 5) is 25.2. The number of Topliss-reactive ketones (excluding diaryl/α,β-unsaturated/α-hetero) is 1. The number of para-hydroxylation sites is 1. The molecule has 0 aromatic heterocycles. The van der Waals surface area contributed by atoms with E-state index < -0.39 is 0 Å². The third-order valence-electron chi connectivity index (χ3n) is 6.39. The van der Waals surface area contributed by atoms with Gasteiger partial charge in [-0.25, -0.2) is 4.79 Å². The number of hydrogen-bond donors (Lipinski definition) is 0. The molecule has 1 aromatic carbocycles. The van der Waals surface area contributed by atoms with E-state index in [9.17, 15) is 9.59 Å². The largest absolute Gasteiger partial charge is 0.496 e. The molecule has 2 fully saturated rings. The molecular formula is C24H30O6. The third kappa shape index (κ3) is 4.69. The summed E-state index contributed by atoms with van der Waals surface area (Å²) in [7, 11) is 1.60. The van der Waals surface area contributed by atoms with Crippen LogP contribution in [0, 0.1) is 5.92 Å². The van der Waals surface area contributed by atoms with Crippen molar-refractivity contribution in [2.24, 2.45) is 5.92 Å². The van der Waals surface area contributed by atoms with Gasteiger partial charge in [-0.2, -0.15) is 0 Å². The lowest BCUT2D eigenvalue weighted by Crippen LogP contribution is -2.42. The number of benzene rings is 1. The molecule has 0 saturated heterocycles. The predicted molar refractivity (Wildman–Crippen MR) is 111 cm³/mol. The van der Waals surface area contributed by atoms with Crippen LogP contribution in [0.15, 0.2) is 30.5 Å². The number of ketones is 1. The molecule has 1 heterocycles. The summed E-state index contributed by atoms with van der Waals surface area (Å²) in [6, 6.07) is 7.47. The first-order valence-corrected chi connectivity index (χ1v) is 11.0. The van der Waals surface area contributed by atoms with Gasteiger partial charge < -0.3 is 18.9 Å². The standard InChI is InChI=1S/C24H30O6/c1-27-21-10-6-5-9-18(21)20-14-29-22-13-17(11-12-19(22)24(20)26)28-15-23(25)30-16-7-3-2-4-8-16/h5-6,9-10,14,16-17,19,22H,2-4,7-8,11-13,15H2,1H3. The molecule has 30 heavy (non-hydrogen) atoms. The Kier molecular flexibility index (Phi) is 6.72. The number of fused-ring (bicyclic) bond motifs is 1. The molecule has 0 radical (unpaired) electrons. The van der Waals surface area contributed by atoms with Crippen molar-refractivity contribution in [3.63, 3.8) is 0 Å². The molecule has 2 saturated carbocycles. The molecule has 2 aliphatic carbocycles. The lowest BCUT2D eigenvalue weighted by molar-refractivity contribution is -0.160. The summed E-state index contributed by atoms with van der Waals surface area (Å²) >= 11 is 0. The second kappa shape index (κ2) is 9.65. The SMILES string of the molecule is COc1ccccc1C1=COC2CC(OCC(=O)OC3CCCCC3)CCC2C1=O. The van der Waals surface area contributed by atoms with Gasteiger partial charge in [0, 0.05) is 12.0 Å². The monoisotopic (exact) mass is 414 g/mol. The number of allylic oxidation sites excluding steroid dienone is 1. The molecule has 0 bridgehead atoms. The highest BCUT2D eigenvalue weighted by Crippen LogP contribution is 2.39. The lowest BCUT2D eigenvalue weighted by atomic mass is 9.77. The summed E-state index contributed by atoms with van der Waals surface area (Å²) in [6.45, 7) is -0.0329. The Labute approximate surface area is 177 Å². The summed E-state index contributed by atoms with van der Waals surface area (Å²) in [6.07, 6.45) is 8.67. The van der Waals surface area contributed by atoms with Crippen LogP contribution in [0.4, 0.5) is 0 Å². The molecule has 4 rings (SSSR count). The molecule has 1 aromatic rings. The molecule has 6 heteroatoms. The minimum atomic E-state index is -0.289. The van der Waals surface area contributed by atoms with Gasteiger partial charge in [-0.05, 0) is 44.6 Å². The van der Waals surface area contributed by atoms with E-state index in [2.05, 4.69) is 0 Å². The van der Waals surface area contributed by atoms with Crippen LogP contribution in [-0.2, 0) is 23.8 Å². The maximum Gasteiger partial charge on any atom is 0.332 e. The van der Waals surface area contributed by atoms with Crippen LogP contribution in [0.1, 0.15) is 56.9 Å². The van der Waals surface area contributed by atoms with Crippen LogP contribution in [-0.4, -0.2) is 43.8 Å². The van der Waals surface area contributed by atoms with Crippen molar-refractivity contribution < 1.29 is 28.5 Å². The molecule has 3 unspecified atom stereocenters. The second-order valence-corrected chi connectivity index (χ2v) is 8.37. The normalized spacial score (nSPS) is 26.9. The number of rotatable bonds is 6. The number of methoxy groups -OCH3 is 1. The fourth-order valence-electron chi connectivity index (χ4n) is 4.76. The molecule has 0 spiro atoms. The Morgan fingerprint density at radius 2 is 1.87 bits per heavy atom. The maximum absolute atomic E-state index is 13.1. The highest BCUT2D eigenvalue weighted by atomic mass is 16.6. The first-order valence-electron chi connectivity index (χ1n) is 11.0. The molecule has 0 amide bonds. The van der Waals surface area contributed by atoms with Crippen molar-refractivity contribution >= 4 is 17.3 Å². The lowest BCUT2D eigenvalue weighted by Gasteiger charge is -2.37. The average molecular weight is 414 g/mol. The topological polar surface area (TPSA) is 71.1 Å². The van der Waals surface area contributed by atoms with Gasteiger partial charge in [0.2, 0.25) is 0 Å². The van der Waals surface area contributed by atoms with Crippen LogP contribution in [0.5, 0.6) is 5.75 Å². The zero-order valence-corrected chi connectivity index (χ0v) is 17.5. The fourth-order valence-corrected chi connectivity index (χ4v) is 4.76. The third-order valence-corrected chi connectivity index (χ3v) is 6.39. The highest BCUT2D eigenvalue weighted by molar-refractivity contribution is 6.22. The first kappa shape index (κ1) is 20.9. The quantitative estimate of drug-likeness (QED) is 0.654. The van der Waals surface area contributed by atoms with Gasteiger partial charge in [0.15, 0.2) is 5.78 Å². The van der Waals surface area contributed by atoms with Gasteiger partial charge in [0.1, 0.15) is 24.6 Å². The molecule has 162 valence electrons. The van der Waals surface area contributed by atoms with Crippen LogP contribution in [0.2, 0.25) is 0 Å². The van der Waals surface area contributed by atoms with Crippen molar-refractivity contribution in [2.75, 3.05) is 13.7 Å². The summed E-state index contributed by atoms with van der Waals surface area (Å²) in [5.74, 6) is 0.269. The van der Waals surface area contributed by atoms with Crippen LogP contribution in [0.25, 0.3) is 5.57 Å². The van der Waals surface area contributed by atoms with Crippen molar-refractivity contribution in [1.82, 2.24) is 0 Å². The molecule has 6 nitrogen and oxygen atoms in total. The zero-order chi connectivity index (χ0) is 20.9. The van der Waals surface area contributed by atoms with E-state index in [0.717, 1.165) is 37.7 Å². The molecule has 3 aliphatic rings. The molecule has 1 aliphatic heterocycles. The minimum Gasteiger partial charge on any atom is -0.496 e. The molecule has 3 atom stereocenters. The van der Waals surface area contributed by atoms with Crippen molar-refractivity contribution in [3.05, 3.63) is 36.1 Å². The smallest absolute Gasteiger partial charge is 0.332 e. The van der Waals surface area contributed by atoms with E-state index in [-0.39, 0.29) is 42.6 Å². The number of hydrogen-bond acceptors (Lipinski definition) is 6. The van der Waals surface area contributed by atoms with Gasteiger partial charge in [-0.15, -0.1) is 0 Å². The van der Waals surface area contributed by atoms with E-state index in [0.29, 0.717) is 24.2 Å². The Bertz CT molecular complexity index is 795. The zero-order valence-electron chi connectivity index (χ0n) is 17.5. The fraction of sp³-hybridized carbons (Fsp3) is 0.583. The van der Waals surface area contributed by atoms with Gasteiger partial charge in [0.05, 0.1) is 31.0 Å². The molecular weight excluding hydrogens is 384 g/mol. The van der Waals surface area contributed by atoms with E-state index in [1.165, 1.54) is 6.42 Å². The van der Waals surface area contributed by atoms with Crippen LogP contribution >= 0.6 is 0 Å². The average Bonchev–Trinajstić information content (AvgIpc) is 2.78. The minimum absolute atomic E-state index is 0.0329. The Morgan fingerprint density at radius 3 is 2.67 bits per heavy atom. The Morgan fingerprint density at radius 1 is 1.07 bits per heavy atom. The van der Waals surface area contributed by atoms with Crippen LogP contribution in [0.3, 0.4) is 0 Å². The van der Waals surface area contributed by atoms with Crippen molar-refractivity contribution in [3.8, 4) is 5.75 Å². The second-order valence-electron chi connectivity index (χ2n) is 8.37. The van der Waals surface area contributed by atoms with E-state index in [1.54, 1.807) is 13.4 Å². The number of carbonyl (C=O) groups is 2. The molecule has 0 N–H and O–H groups in total. The van der Waals surface area contributed by atoms with Gasteiger partial charge >= 0.3 is 5.97 Å². The maximum atomic E-state index is 13.1. The van der Waals surface area contributed by atoms with Gasteiger partial charge in [-0.3, -0.25) is 4.79 Å². The Balaban J connectivity index is 1.31. The van der Waals surface area contributed by atoms with Crippen LogP contribution < -0.4 is 4.74 Å². The van der Waals surface area contributed by atoms with Gasteiger partial charge in [0.25, 0.3) is 0 Å². The van der Waals surface area contributed by atoms with E-state index >= 15 is 0 Å². The van der Waals surface area contributed by atoms with Crippen molar-refractivity contribution in [2.45, 2.75) is 69.7 Å². The van der Waals surface area contributed by atoms with Gasteiger partial charge in [-0.1, -0.05) is 24.6 Å². The summed E-state index contributed by atoms with van der Waals surface area (Å²) in [5.41, 5.74) is 1.32. The number of carbonyl (C=O) groups excluding carboxylic acids is 2. The summed E-state index contributed by atoms with van der Waals surface area (Å²) < 4.78 is 22.7. The summed E-state index contributed by atoms with van der Waals surface area (Å²) in [5, 5.41) is 0. The predicted octanol–water partition coefficient (Wildman–Crippen LogP) is 4.07. The van der Waals surface area contributed by atoms with Crippen molar-refractivity contribution in [1.29, 1.82) is 0 Å². The van der Waals surface area contributed by atoms with E-state index in [1.807, 2.05) is 24.3 Å². The highest BCUT2D eigenvalue weighted by Gasteiger charge is 2.41. The van der Waals surface area contributed by atoms with E-state index in [4.69, 9.17) is 18.9 Å². The Hall–Kier alpha value is -2.34. The first-order chi connectivity index (χ1) is 14.7. The number of ether oxygens (including phenoxy) is 4. The number of esters is 1.